The monoisotopic (exact) mass is 271 g/mol. The number of rotatable bonds is 2. The molecule has 0 radical (unpaired) electrons. The number of pyridine rings is 1. The lowest BCUT2D eigenvalue weighted by molar-refractivity contribution is 0.564. The molecule has 0 aliphatic heterocycles. The van der Waals surface area contributed by atoms with E-state index >= 15 is 0 Å². The third-order valence-electron chi connectivity index (χ3n) is 2.09. The summed E-state index contributed by atoms with van der Waals surface area (Å²) in [5.74, 6) is -0.811. The van der Waals surface area contributed by atoms with Gasteiger partial charge in [-0.25, -0.2) is 17.8 Å². The lowest BCUT2D eigenvalue weighted by atomic mass is 10.3. The molecule has 3 nitrogen and oxygen atoms in total. The van der Waals surface area contributed by atoms with Gasteiger partial charge in [0.2, 0.25) is 9.84 Å². The van der Waals surface area contributed by atoms with E-state index in [2.05, 4.69) is 4.98 Å². The summed E-state index contributed by atoms with van der Waals surface area (Å²) in [4.78, 5) is 3.27. The van der Waals surface area contributed by atoms with Crippen LogP contribution in [0, 0.1) is 5.82 Å². The van der Waals surface area contributed by atoms with Crippen molar-refractivity contribution in [3.05, 3.63) is 53.4 Å². The molecule has 0 bridgehead atoms. The van der Waals surface area contributed by atoms with Crippen LogP contribution in [-0.4, -0.2) is 13.4 Å². The molecular formula is C11H7ClFNO2S. The fourth-order valence-electron chi connectivity index (χ4n) is 1.31. The van der Waals surface area contributed by atoms with E-state index in [0.717, 1.165) is 6.07 Å². The van der Waals surface area contributed by atoms with Gasteiger partial charge < -0.3 is 0 Å². The fourth-order valence-corrected chi connectivity index (χ4v) is 2.81. The molecule has 0 aliphatic carbocycles. The van der Waals surface area contributed by atoms with Crippen LogP contribution in [0.1, 0.15) is 0 Å². The first-order valence-corrected chi connectivity index (χ1v) is 6.50. The topological polar surface area (TPSA) is 47.0 Å². The minimum Gasteiger partial charge on any atom is -0.224 e. The molecule has 0 amide bonds. The smallest absolute Gasteiger partial charge is 0.224 e. The summed E-state index contributed by atoms with van der Waals surface area (Å²) >= 11 is 5.61. The predicted octanol–water partition coefficient (Wildman–Crippen LogP) is 2.71. The number of nitrogens with zero attached hydrogens (tertiary/aromatic N) is 1. The molecule has 0 aliphatic rings. The molecule has 6 heteroatoms. The molecule has 0 spiro atoms. The van der Waals surface area contributed by atoms with Gasteiger partial charge in [0.15, 0.2) is 5.03 Å². The van der Waals surface area contributed by atoms with Crippen LogP contribution < -0.4 is 0 Å². The van der Waals surface area contributed by atoms with Gasteiger partial charge in [-0.3, -0.25) is 0 Å². The normalized spacial score (nSPS) is 11.4. The molecule has 2 rings (SSSR count). The standard InChI is InChI=1S/C11H7ClFNO2S/c12-10-6-3-7-11(14-10)17(15,16)9-5-2-1-4-8(9)13/h1-7H. The number of hydrogen-bond acceptors (Lipinski definition) is 3. The zero-order valence-corrected chi connectivity index (χ0v) is 10.0. The summed E-state index contributed by atoms with van der Waals surface area (Å²) < 4.78 is 37.5. The van der Waals surface area contributed by atoms with Gasteiger partial charge in [-0.2, -0.15) is 0 Å². The number of halogens is 2. The van der Waals surface area contributed by atoms with Crippen molar-refractivity contribution in [1.29, 1.82) is 0 Å². The summed E-state index contributed by atoms with van der Waals surface area (Å²) in [7, 11) is -3.96. The van der Waals surface area contributed by atoms with Crippen molar-refractivity contribution in [3.63, 3.8) is 0 Å². The van der Waals surface area contributed by atoms with Crippen LogP contribution in [0.3, 0.4) is 0 Å². The van der Waals surface area contributed by atoms with Gasteiger partial charge in [-0.1, -0.05) is 29.8 Å². The zero-order chi connectivity index (χ0) is 12.5. The van der Waals surface area contributed by atoms with Crippen LogP contribution in [0.15, 0.2) is 52.4 Å². The maximum atomic E-state index is 13.4. The van der Waals surface area contributed by atoms with Crippen LogP contribution in [-0.2, 0) is 9.84 Å². The Labute approximate surface area is 103 Å². The van der Waals surface area contributed by atoms with Crippen LogP contribution in [0.2, 0.25) is 5.15 Å². The Morgan fingerprint density at radius 3 is 2.41 bits per heavy atom. The van der Waals surface area contributed by atoms with E-state index in [1.165, 1.54) is 36.4 Å². The first kappa shape index (κ1) is 12.0. The average molecular weight is 272 g/mol. The van der Waals surface area contributed by atoms with E-state index in [4.69, 9.17) is 11.6 Å². The van der Waals surface area contributed by atoms with Crippen molar-refractivity contribution in [1.82, 2.24) is 4.98 Å². The minimum absolute atomic E-state index is 0.0439. The molecule has 17 heavy (non-hydrogen) atoms. The Bertz CT molecular complexity index is 658. The van der Waals surface area contributed by atoms with Crippen molar-refractivity contribution in [2.24, 2.45) is 0 Å². The van der Waals surface area contributed by atoms with Crippen molar-refractivity contribution < 1.29 is 12.8 Å². The van der Waals surface area contributed by atoms with Crippen LogP contribution in [0.5, 0.6) is 0 Å². The summed E-state index contributed by atoms with van der Waals surface area (Å²) in [6.07, 6.45) is 0. The van der Waals surface area contributed by atoms with Crippen molar-refractivity contribution in [2.45, 2.75) is 9.92 Å². The molecule has 0 atom stereocenters. The first-order chi connectivity index (χ1) is 8.01. The van der Waals surface area contributed by atoms with Gasteiger partial charge >= 0.3 is 0 Å². The molecule has 0 saturated carbocycles. The van der Waals surface area contributed by atoms with Gasteiger partial charge in [0.25, 0.3) is 0 Å². The lowest BCUT2D eigenvalue weighted by Crippen LogP contribution is -2.06. The van der Waals surface area contributed by atoms with Crippen LogP contribution in [0.25, 0.3) is 0 Å². The predicted molar refractivity (Wildman–Crippen MR) is 61.1 cm³/mol. The molecular weight excluding hydrogens is 265 g/mol. The Kier molecular flexibility index (Phi) is 3.13. The largest absolute Gasteiger partial charge is 0.226 e. The maximum Gasteiger partial charge on any atom is 0.226 e. The van der Waals surface area contributed by atoms with Crippen molar-refractivity contribution >= 4 is 21.4 Å². The zero-order valence-electron chi connectivity index (χ0n) is 8.47. The van der Waals surface area contributed by atoms with E-state index in [1.54, 1.807) is 0 Å². The van der Waals surface area contributed by atoms with Gasteiger partial charge in [-0.15, -0.1) is 0 Å². The molecule has 0 saturated heterocycles. The summed E-state index contributed by atoms with van der Waals surface area (Å²) in [6, 6.07) is 9.30. The minimum atomic E-state index is -3.96. The highest BCUT2D eigenvalue weighted by atomic mass is 35.5. The van der Waals surface area contributed by atoms with Gasteiger partial charge in [0.05, 0.1) is 0 Å². The van der Waals surface area contributed by atoms with Gasteiger partial charge in [0.1, 0.15) is 15.9 Å². The molecule has 0 fully saturated rings. The third kappa shape index (κ3) is 2.30. The number of aromatic nitrogens is 1. The maximum absolute atomic E-state index is 13.4. The Hall–Kier alpha value is -1.46. The van der Waals surface area contributed by atoms with Gasteiger partial charge in [-0.05, 0) is 24.3 Å². The van der Waals surface area contributed by atoms with Crippen LogP contribution >= 0.6 is 11.6 Å². The van der Waals surface area contributed by atoms with E-state index < -0.39 is 20.5 Å². The summed E-state index contributed by atoms with van der Waals surface area (Å²) in [5, 5.41) is -0.225. The van der Waals surface area contributed by atoms with E-state index in [1.807, 2.05) is 0 Å². The highest BCUT2D eigenvalue weighted by Gasteiger charge is 2.22. The molecule has 0 N–H and O–H groups in total. The second-order valence-electron chi connectivity index (χ2n) is 3.23. The molecule has 0 unspecified atom stereocenters. The molecule has 1 aromatic carbocycles. The SMILES string of the molecule is O=S(=O)(c1cccc(Cl)n1)c1ccccc1F. The molecule has 2 aromatic rings. The van der Waals surface area contributed by atoms with Crippen molar-refractivity contribution in [3.8, 4) is 0 Å². The Morgan fingerprint density at radius 1 is 1.06 bits per heavy atom. The Balaban J connectivity index is 2.63. The quantitative estimate of drug-likeness (QED) is 0.789. The number of hydrogen-bond donors (Lipinski definition) is 0. The molecule has 88 valence electrons. The first-order valence-electron chi connectivity index (χ1n) is 4.64. The Morgan fingerprint density at radius 2 is 1.76 bits per heavy atom. The number of benzene rings is 1. The second-order valence-corrected chi connectivity index (χ2v) is 5.48. The highest BCUT2D eigenvalue weighted by Crippen LogP contribution is 2.22. The van der Waals surface area contributed by atoms with E-state index in [0.29, 0.717) is 0 Å². The average Bonchev–Trinajstić information content (AvgIpc) is 2.29. The fraction of sp³-hybridized carbons (Fsp3) is 0. The van der Waals surface area contributed by atoms with Gasteiger partial charge in [0, 0.05) is 0 Å². The van der Waals surface area contributed by atoms with E-state index in [-0.39, 0.29) is 10.2 Å². The lowest BCUT2D eigenvalue weighted by Gasteiger charge is -2.04. The third-order valence-corrected chi connectivity index (χ3v) is 3.99. The summed E-state index contributed by atoms with van der Waals surface area (Å²) in [6.45, 7) is 0. The van der Waals surface area contributed by atoms with E-state index in [9.17, 15) is 12.8 Å². The molecule has 1 aromatic heterocycles. The van der Waals surface area contributed by atoms with Crippen LogP contribution in [0.4, 0.5) is 4.39 Å². The summed E-state index contributed by atoms with van der Waals surface area (Å²) in [5.41, 5.74) is 0. The highest BCUT2D eigenvalue weighted by molar-refractivity contribution is 7.91. The number of sulfone groups is 1. The van der Waals surface area contributed by atoms with Crippen molar-refractivity contribution in [2.75, 3.05) is 0 Å². The molecule has 1 heterocycles. The second kappa shape index (κ2) is 4.43.